The average molecular weight is 293 g/mol. The van der Waals surface area contributed by atoms with Gasteiger partial charge >= 0.3 is 0 Å². The number of hydrogen-bond donors (Lipinski definition) is 1. The highest BCUT2D eigenvalue weighted by molar-refractivity contribution is 6.00. The zero-order valence-electron chi connectivity index (χ0n) is 12.9. The first-order valence-corrected chi connectivity index (χ1v) is 7.36. The minimum Gasteiger partial charge on any atom is -0.385 e. The van der Waals surface area contributed by atoms with Gasteiger partial charge in [-0.3, -0.25) is 14.9 Å². The molecule has 6 heteroatoms. The summed E-state index contributed by atoms with van der Waals surface area (Å²) in [5.74, 6) is -0.154. The van der Waals surface area contributed by atoms with Gasteiger partial charge in [-0.1, -0.05) is 13.8 Å². The van der Waals surface area contributed by atoms with Crippen LogP contribution in [0.25, 0.3) is 0 Å². The van der Waals surface area contributed by atoms with Crippen molar-refractivity contribution in [3.8, 4) is 0 Å². The van der Waals surface area contributed by atoms with Crippen LogP contribution in [0.5, 0.6) is 0 Å². The van der Waals surface area contributed by atoms with Crippen LogP contribution in [0.3, 0.4) is 0 Å². The van der Waals surface area contributed by atoms with Crippen LogP contribution in [-0.4, -0.2) is 35.4 Å². The maximum absolute atomic E-state index is 12.7. The molecule has 0 aromatic heterocycles. The molecule has 0 aliphatic carbocycles. The van der Waals surface area contributed by atoms with Crippen LogP contribution >= 0.6 is 0 Å². The van der Waals surface area contributed by atoms with Gasteiger partial charge in [-0.15, -0.1) is 0 Å². The molecule has 0 heterocycles. The van der Waals surface area contributed by atoms with Crippen LogP contribution < -0.4 is 5.32 Å². The molecule has 1 rings (SSSR count). The van der Waals surface area contributed by atoms with Gasteiger partial charge in [0.15, 0.2) is 0 Å². The van der Waals surface area contributed by atoms with E-state index in [-0.39, 0.29) is 11.6 Å². The number of hydrogen-bond acceptors (Lipinski definition) is 4. The fourth-order valence-corrected chi connectivity index (χ4v) is 2.19. The standard InChI is InChI=1S/C15H23N3O3/c1-4-9-17(10-5-2)15(19)13-11-12(18(20)21)7-8-14(13)16-6-3/h7-8,11,16H,4-6,9-10H2,1-3H3. The number of carbonyl (C=O) groups excluding carboxylic acids is 1. The lowest BCUT2D eigenvalue weighted by Crippen LogP contribution is -2.33. The number of nitro groups is 1. The van der Waals surface area contributed by atoms with E-state index in [2.05, 4.69) is 5.32 Å². The molecule has 1 amide bonds. The van der Waals surface area contributed by atoms with Gasteiger partial charge in [-0.25, -0.2) is 0 Å². The van der Waals surface area contributed by atoms with Gasteiger partial charge in [-0.05, 0) is 25.8 Å². The third-order valence-electron chi connectivity index (χ3n) is 3.09. The van der Waals surface area contributed by atoms with E-state index in [1.807, 2.05) is 20.8 Å². The van der Waals surface area contributed by atoms with Gasteiger partial charge in [-0.2, -0.15) is 0 Å². The summed E-state index contributed by atoms with van der Waals surface area (Å²) in [4.78, 5) is 24.9. The largest absolute Gasteiger partial charge is 0.385 e. The van der Waals surface area contributed by atoms with E-state index in [1.54, 1.807) is 11.0 Å². The van der Waals surface area contributed by atoms with Crippen molar-refractivity contribution in [2.24, 2.45) is 0 Å². The van der Waals surface area contributed by atoms with Gasteiger partial charge < -0.3 is 10.2 Å². The molecule has 0 bridgehead atoms. The molecule has 0 aliphatic rings. The van der Waals surface area contributed by atoms with Crippen molar-refractivity contribution in [2.45, 2.75) is 33.6 Å². The maximum atomic E-state index is 12.7. The van der Waals surface area contributed by atoms with E-state index < -0.39 is 4.92 Å². The van der Waals surface area contributed by atoms with E-state index in [4.69, 9.17) is 0 Å². The summed E-state index contributed by atoms with van der Waals surface area (Å²) in [5.41, 5.74) is 0.950. The number of benzene rings is 1. The van der Waals surface area contributed by atoms with Crippen molar-refractivity contribution in [1.82, 2.24) is 4.90 Å². The third-order valence-corrected chi connectivity index (χ3v) is 3.09. The average Bonchev–Trinajstić information content (AvgIpc) is 2.47. The molecule has 1 N–H and O–H groups in total. The summed E-state index contributed by atoms with van der Waals surface area (Å²) in [5, 5.41) is 14.0. The van der Waals surface area contributed by atoms with Crippen LogP contribution in [0.4, 0.5) is 11.4 Å². The van der Waals surface area contributed by atoms with Crippen LogP contribution in [0.2, 0.25) is 0 Å². The summed E-state index contributed by atoms with van der Waals surface area (Å²) in [6.07, 6.45) is 1.72. The van der Waals surface area contributed by atoms with Gasteiger partial charge in [0.1, 0.15) is 0 Å². The van der Waals surface area contributed by atoms with Crippen LogP contribution in [0.1, 0.15) is 44.0 Å². The van der Waals surface area contributed by atoms with Crippen molar-refractivity contribution in [3.05, 3.63) is 33.9 Å². The van der Waals surface area contributed by atoms with Crippen LogP contribution in [0.15, 0.2) is 18.2 Å². The lowest BCUT2D eigenvalue weighted by Gasteiger charge is -2.23. The molecule has 0 radical (unpaired) electrons. The van der Waals surface area contributed by atoms with Gasteiger partial charge in [0.25, 0.3) is 11.6 Å². The minimum absolute atomic E-state index is 0.0621. The lowest BCUT2D eigenvalue weighted by molar-refractivity contribution is -0.384. The van der Waals surface area contributed by atoms with Crippen molar-refractivity contribution in [2.75, 3.05) is 25.0 Å². The SMILES string of the molecule is CCCN(CCC)C(=O)c1cc([N+](=O)[O-])ccc1NCC. The Morgan fingerprint density at radius 1 is 1.24 bits per heavy atom. The van der Waals surface area contributed by atoms with Crippen LogP contribution in [0, 0.1) is 10.1 Å². The van der Waals surface area contributed by atoms with Crippen molar-refractivity contribution in [3.63, 3.8) is 0 Å². The first-order valence-electron chi connectivity index (χ1n) is 7.36. The normalized spacial score (nSPS) is 10.2. The second-order valence-electron chi connectivity index (χ2n) is 4.81. The molecule has 1 aromatic carbocycles. The number of rotatable bonds is 8. The summed E-state index contributed by atoms with van der Waals surface area (Å²) < 4.78 is 0. The number of anilines is 1. The van der Waals surface area contributed by atoms with E-state index in [1.165, 1.54) is 12.1 Å². The molecule has 6 nitrogen and oxygen atoms in total. The van der Waals surface area contributed by atoms with Crippen molar-refractivity contribution < 1.29 is 9.72 Å². The first-order chi connectivity index (χ1) is 10.0. The van der Waals surface area contributed by atoms with E-state index in [9.17, 15) is 14.9 Å². The number of nitrogens with one attached hydrogen (secondary N) is 1. The van der Waals surface area contributed by atoms with E-state index in [0.29, 0.717) is 30.9 Å². The zero-order chi connectivity index (χ0) is 15.8. The van der Waals surface area contributed by atoms with Crippen molar-refractivity contribution in [1.29, 1.82) is 0 Å². The highest BCUT2D eigenvalue weighted by Crippen LogP contribution is 2.24. The Kier molecular flexibility index (Phi) is 6.65. The molecule has 0 aliphatic heterocycles. The zero-order valence-corrected chi connectivity index (χ0v) is 12.9. The predicted octanol–water partition coefficient (Wildman–Crippen LogP) is 3.29. The highest BCUT2D eigenvalue weighted by Gasteiger charge is 2.20. The lowest BCUT2D eigenvalue weighted by atomic mass is 10.1. The summed E-state index contributed by atoms with van der Waals surface area (Å²) in [7, 11) is 0. The molecule has 0 saturated heterocycles. The molecule has 0 fully saturated rings. The highest BCUT2D eigenvalue weighted by atomic mass is 16.6. The molecule has 0 spiro atoms. The summed E-state index contributed by atoms with van der Waals surface area (Å²) in [6.45, 7) is 7.90. The quantitative estimate of drug-likeness (QED) is 0.589. The van der Waals surface area contributed by atoms with E-state index in [0.717, 1.165) is 12.8 Å². The number of carbonyl (C=O) groups is 1. The molecule has 1 aromatic rings. The molecular formula is C15H23N3O3. The van der Waals surface area contributed by atoms with Gasteiger partial charge in [0.05, 0.1) is 10.5 Å². The minimum atomic E-state index is -0.476. The fraction of sp³-hybridized carbons (Fsp3) is 0.533. The Hall–Kier alpha value is -2.11. The molecule has 0 unspecified atom stereocenters. The van der Waals surface area contributed by atoms with Crippen molar-refractivity contribution >= 4 is 17.3 Å². The number of non-ortho nitro benzene ring substituents is 1. The number of amides is 1. The summed E-state index contributed by atoms with van der Waals surface area (Å²) >= 11 is 0. The van der Waals surface area contributed by atoms with Crippen LogP contribution in [-0.2, 0) is 0 Å². The second-order valence-corrected chi connectivity index (χ2v) is 4.81. The van der Waals surface area contributed by atoms with Gasteiger partial charge in [0, 0.05) is 37.5 Å². The molecule has 116 valence electrons. The Morgan fingerprint density at radius 3 is 2.33 bits per heavy atom. The Morgan fingerprint density at radius 2 is 1.86 bits per heavy atom. The Balaban J connectivity index is 3.18. The molecule has 0 saturated carbocycles. The smallest absolute Gasteiger partial charge is 0.270 e. The molecule has 21 heavy (non-hydrogen) atoms. The summed E-state index contributed by atoms with van der Waals surface area (Å²) in [6, 6.07) is 4.38. The van der Waals surface area contributed by atoms with E-state index >= 15 is 0 Å². The molecular weight excluding hydrogens is 270 g/mol. The first kappa shape index (κ1) is 16.9. The Labute approximate surface area is 125 Å². The predicted molar refractivity (Wildman–Crippen MR) is 83.7 cm³/mol. The topological polar surface area (TPSA) is 75.5 Å². The maximum Gasteiger partial charge on any atom is 0.270 e. The fourth-order valence-electron chi connectivity index (χ4n) is 2.19. The Bertz CT molecular complexity index is 497. The molecule has 0 atom stereocenters. The number of nitrogens with zero attached hydrogens (tertiary/aromatic N) is 2. The second kappa shape index (κ2) is 8.24. The van der Waals surface area contributed by atoms with Gasteiger partial charge in [0.2, 0.25) is 0 Å². The monoisotopic (exact) mass is 293 g/mol. The third kappa shape index (κ3) is 4.44. The number of nitro benzene ring substituents is 1.